The van der Waals surface area contributed by atoms with Gasteiger partial charge >= 0.3 is 0 Å². The molecule has 1 fully saturated rings. The smallest absolute Gasteiger partial charge is 0.225 e. The van der Waals surface area contributed by atoms with E-state index in [0.717, 1.165) is 17.0 Å². The maximum Gasteiger partial charge on any atom is 0.225 e. The molecule has 2 heterocycles. The van der Waals surface area contributed by atoms with Crippen LogP contribution in [0.2, 0.25) is 5.02 Å². The van der Waals surface area contributed by atoms with Crippen molar-refractivity contribution in [2.75, 3.05) is 23.4 Å². The minimum Gasteiger partial charge on any atom is -0.493 e. The molecule has 3 rings (SSSR count). The summed E-state index contributed by atoms with van der Waals surface area (Å²) in [7, 11) is -3.03. The second-order valence-corrected chi connectivity index (χ2v) is 9.75. The quantitative estimate of drug-likeness (QED) is 0.687. The monoisotopic (exact) mass is 425 g/mol. The van der Waals surface area contributed by atoms with Gasteiger partial charge in [0.2, 0.25) is 5.91 Å². The second kappa shape index (κ2) is 8.53. The summed E-state index contributed by atoms with van der Waals surface area (Å²) in [6, 6.07) is 6.94. The summed E-state index contributed by atoms with van der Waals surface area (Å²) >= 11 is 5.93. The summed E-state index contributed by atoms with van der Waals surface area (Å²) in [5.74, 6) is 1.36. The molecule has 0 aliphatic carbocycles. The Kier molecular flexibility index (Phi) is 6.30. The largest absolute Gasteiger partial charge is 0.493 e. The molecule has 2 aromatic rings. The first-order valence-corrected chi connectivity index (χ1v) is 11.4. The molecule has 0 spiro atoms. The highest BCUT2D eigenvalue weighted by Gasteiger charge is 2.31. The molecule has 28 heavy (non-hydrogen) atoms. The molecule has 1 aliphatic rings. The van der Waals surface area contributed by atoms with E-state index in [1.54, 1.807) is 16.8 Å². The number of anilines is 1. The summed E-state index contributed by atoms with van der Waals surface area (Å²) in [5, 5.41) is 7.87. The number of amides is 1. The fourth-order valence-corrected chi connectivity index (χ4v) is 5.17. The van der Waals surface area contributed by atoms with Gasteiger partial charge in [0.1, 0.15) is 11.6 Å². The molecule has 1 aromatic carbocycles. The minimum atomic E-state index is -3.03. The van der Waals surface area contributed by atoms with Crippen LogP contribution >= 0.6 is 11.6 Å². The Morgan fingerprint density at radius 1 is 1.36 bits per heavy atom. The van der Waals surface area contributed by atoms with Crippen molar-refractivity contribution in [2.45, 2.75) is 39.2 Å². The van der Waals surface area contributed by atoms with E-state index in [-0.39, 0.29) is 23.5 Å². The summed E-state index contributed by atoms with van der Waals surface area (Å²) < 4.78 is 30.8. The number of carbonyl (C=O) groups excluding carboxylic acids is 1. The lowest BCUT2D eigenvalue weighted by Crippen LogP contribution is -2.19. The van der Waals surface area contributed by atoms with Crippen molar-refractivity contribution in [2.24, 2.45) is 0 Å². The van der Waals surface area contributed by atoms with Crippen LogP contribution in [0.1, 0.15) is 36.6 Å². The van der Waals surface area contributed by atoms with Crippen molar-refractivity contribution in [1.82, 2.24) is 9.78 Å². The fraction of sp³-hybridized carbons (Fsp3) is 0.474. The average Bonchev–Trinajstić information content (AvgIpc) is 3.15. The molecule has 1 amide bonds. The van der Waals surface area contributed by atoms with Crippen LogP contribution < -0.4 is 10.1 Å². The number of benzene rings is 1. The zero-order valence-corrected chi connectivity index (χ0v) is 17.5. The van der Waals surface area contributed by atoms with Gasteiger partial charge in [0.05, 0.1) is 29.8 Å². The zero-order valence-electron chi connectivity index (χ0n) is 15.9. The van der Waals surface area contributed by atoms with Gasteiger partial charge < -0.3 is 10.1 Å². The maximum atomic E-state index is 12.3. The highest BCUT2D eigenvalue weighted by molar-refractivity contribution is 7.91. The van der Waals surface area contributed by atoms with Crippen LogP contribution in [-0.2, 0) is 14.6 Å². The molecule has 0 bridgehead atoms. The molecular formula is C19H24ClN3O4S. The van der Waals surface area contributed by atoms with E-state index < -0.39 is 9.84 Å². The lowest BCUT2D eigenvalue weighted by Gasteiger charge is -2.14. The highest BCUT2D eigenvalue weighted by atomic mass is 35.5. The number of hydrogen-bond acceptors (Lipinski definition) is 5. The first kappa shape index (κ1) is 20.7. The Labute approximate surface area is 169 Å². The van der Waals surface area contributed by atoms with E-state index in [0.29, 0.717) is 36.7 Å². The number of halogens is 1. The number of nitrogens with one attached hydrogen (secondary N) is 1. The first-order valence-electron chi connectivity index (χ1n) is 9.19. The van der Waals surface area contributed by atoms with E-state index in [1.807, 2.05) is 26.0 Å². The van der Waals surface area contributed by atoms with Gasteiger partial charge in [-0.15, -0.1) is 0 Å². The SMILES string of the molecule is Cc1cc(NC(=O)CCCOc2ccc(Cl)cc2C)n(C2CCS(=O)(=O)C2)n1. The van der Waals surface area contributed by atoms with E-state index in [9.17, 15) is 13.2 Å². The number of aromatic nitrogens is 2. The Balaban J connectivity index is 1.51. The molecule has 1 aliphatic heterocycles. The second-order valence-electron chi connectivity index (χ2n) is 7.08. The number of sulfone groups is 1. The number of hydrogen-bond donors (Lipinski definition) is 1. The first-order chi connectivity index (χ1) is 13.2. The number of ether oxygens (including phenoxy) is 1. The molecule has 1 aromatic heterocycles. The van der Waals surface area contributed by atoms with Crippen LogP contribution in [0.3, 0.4) is 0 Å². The minimum absolute atomic E-state index is 0.0608. The van der Waals surface area contributed by atoms with Crippen LogP contribution in [0.15, 0.2) is 24.3 Å². The summed E-state index contributed by atoms with van der Waals surface area (Å²) in [4.78, 5) is 12.3. The van der Waals surface area contributed by atoms with E-state index in [1.165, 1.54) is 0 Å². The standard InChI is InChI=1S/C19H24ClN3O4S/c1-13-10-15(20)5-6-17(13)27-8-3-4-19(24)21-18-11-14(2)22-23(18)16-7-9-28(25,26)12-16/h5-6,10-11,16H,3-4,7-9,12H2,1-2H3,(H,21,24). The van der Waals surface area contributed by atoms with E-state index in [4.69, 9.17) is 16.3 Å². The third-order valence-corrected chi connectivity index (χ3v) is 6.61. The molecule has 1 atom stereocenters. The van der Waals surface area contributed by atoms with Gasteiger partial charge in [-0.25, -0.2) is 13.1 Å². The van der Waals surface area contributed by atoms with Gasteiger partial charge in [-0.1, -0.05) is 11.6 Å². The van der Waals surface area contributed by atoms with Crippen LogP contribution in [0.25, 0.3) is 0 Å². The van der Waals surface area contributed by atoms with Gasteiger partial charge in [-0.05, 0) is 50.5 Å². The van der Waals surface area contributed by atoms with Crippen LogP contribution in [0.4, 0.5) is 5.82 Å². The third kappa shape index (κ3) is 5.26. The summed E-state index contributed by atoms with van der Waals surface area (Å²) in [6.07, 6.45) is 1.36. The van der Waals surface area contributed by atoms with Gasteiger partial charge in [-0.2, -0.15) is 5.10 Å². The van der Waals surface area contributed by atoms with Gasteiger partial charge in [0.15, 0.2) is 9.84 Å². The third-order valence-electron chi connectivity index (χ3n) is 4.62. The molecule has 0 radical (unpaired) electrons. The van der Waals surface area contributed by atoms with Crippen molar-refractivity contribution in [3.8, 4) is 5.75 Å². The Bertz CT molecular complexity index is 972. The highest BCUT2D eigenvalue weighted by Crippen LogP contribution is 2.27. The van der Waals surface area contributed by atoms with Gasteiger partial charge in [-0.3, -0.25) is 4.79 Å². The molecule has 1 N–H and O–H groups in total. The lowest BCUT2D eigenvalue weighted by atomic mass is 10.2. The van der Waals surface area contributed by atoms with E-state index in [2.05, 4.69) is 10.4 Å². The Morgan fingerprint density at radius 2 is 2.14 bits per heavy atom. The Hall–Kier alpha value is -2.06. The van der Waals surface area contributed by atoms with E-state index >= 15 is 0 Å². The number of carbonyl (C=O) groups is 1. The molecule has 1 unspecified atom stereocenters. The van der Waals surface area contributed by atoms with Crippen molar-refractivity contribution in [3.05, 3.63) is 40.5 Å². The Morgan fingerprint density at radius 3 is 2.82 bits per heavy atom. The molecule has 7 nitrogen and oxygen atoms in total. The number of rotatable bonds is 7. The zero-order chi connectivity index (χ0) is 20.3. The molecule has 152 valence electrons. The maximum absolute atomic E-state index is 12.3. The lowest BCUT2D eigenvalue weighted by molar-refractivity contribution is -0.116. The van der Waals surface area contributed by atoms with Crippen molar-refractivity contribution < 1.29 is 17.9 Å². The fourth-order valence-electron chi connectivity index (χ4n) is 3.25. The van der Waals surface area contributed by atoms with Gasteiger partial charge in [0, 0.05) is 17.5 Å². The van der Waals surface area contributed by atoms with Crippen LogP contribution in [0.5, 0.6) is 5.75 Å². The predicted octanol–water partition coefficient (Wildman–Crippen LogP) is 3.31. The summed E-state index contributed by atoms with van der Waals surface area (Å²) in [5.41, 5.74) is 1.68. The predicted molar refractivity (Wildman–Crippen MR) is 109 cm³/mol. The normalized spacial score (nSPS) is 18.2. The topological polar surface area (TPSA) is 90.3 Å². The van der Waals surface area contributed by atoms with Crippen molar-refractivity contribution in [3.63, 3.8) is 0 Å². The van der Waals surface area contributed by atoms with Gasteiger partial charge in [0.25, 0.3) is 0 Å². The number of aryl methyl sites for hydroxylation is 2. The summed E-state index contributed by atoms with van der Waals surface area (Å²) in [6.45, 7) is 4.15. The number of nitrogens with zero attached hydrogens (tertiary/aromatic N) is 2. The van der Waals surface area contributed by atoms with Crippen LogP contribution in [0, 0.1) is 13.8 Å². The van der Waals surface area contributed by atoms with Crippen LogP contribution in [-0.4, -0.2) is 42.2 Å². The average molecular weight is 426 g/mol. The molecule has 9 heteroatoms. The molecule has 0 saturated carbocycles. The molecule has 1 saturated heterocycles. The van der Waals surface area contributed by atoms with Crippen molar-refractivity contribution >= 4 is 33.2 Å². The van der Waals surface area contributed by atoms with Crippen molar-refractivity contribution in [1.29, 1.82) is 0 Å². The molecular weight excluding hydrogens is 402 g/mol.